The van der Waals surface area contributed by atoms with Crippen molar-refractivity contribution >= 4 is 23.1 Å². The van der Waals surface area contributed by atoms with E-state index in [1.54, 1.807) is 30.5 Å². The van der Waals surface area contributed by atoms with Gasteiger partial charge in [-0.25, -0.2) is 4.98 Å². The van der Waals surface area contributed by atoms with Crippen LogP contribution in [0.4, 0.5) is 17.2 Å². The van der Waals surface area contributed by atoms with E-state index >= 15 is 0 Å². The summed E-state index contributed by atoms with van der Waals surface area (Å²) in [7, 11) is 0. The summed E-state index contributed by atoms with van der Waals surface area (Å²) in [6.07, 6.45) is 1.55. The van der Waals surface area contributed by atoms with E-state index in [0.29, 0.717) is 17.1 Å². The van der Waals surface area contributed by atoms with Crippen molar-refractivity contribution in [3.05, 3.63) is 48.2 Å². The zero-order valence-electron chi connectivity index (χ0n) is 10.7. The van der Waals surface area contributed by atoms with Gasteiger partial charge in [-0.2, -0.15) is 0 Å². The summed E-state index contributed by atoms with van der Waals surface area (Å²) in [5.41, 5.74) is 7.78. The Labute approximate surface area is 111 Å². The van der Waals surface area contributed by atoms with E-state index < -0.39 is 0 Å². The molecular formula is C14H16N4O. The summed E-state index contributed by atoms with van der Waals surface area (Å²) in [6, 6.07) is 10.6. The lowest BCUT2D eigenvalue weighted by atomic mass is 10.2. The Balaban J connectivity index is 2.07. The molecule has 1 aromatic carbocycles. The summed E-state index contributed by atoms with van der Waals surface area (Å²) in [6.45, 7) is 2.87. The predicted octanol–water partition coefficient (Wildman–Crippen LogP) is 2.35. The number of nitrogen functional groups attached to an aromatic ring is 1. The minimum atomic E-state index is -0.173. The normalized spacial score (nSPS) is 9.95. The zero-order chi connectivity index (χ0) is 13.7. The Kier molecular flexibility index (Phi) is 3.97. The van der Waals surface area contributed by atoms with E-state index in [1.165, 1.54) is 0 Å². The topological polar surface area (TPSA) is 80.0 Å². The molecule has 0 saturated carbocycles. The van der Waals surface area contributed by atoms with Gasteiger partial charge in [0.1, 0.15) is 5.82 Å². The van der Waals surface area contributed by atoms with Gasteiger partial charge in [-0.15, -0.1) is 0 Å². The number of aromatic nitrogens is 1. The maximum Gasteiger partial charge on any atom is 0.255 e. The van der Waals surface area contributed by atoms with Gasteiger partial charge in [0.15, 0.2) is 0 Å². The molecule has 2 aromatic rings. The number of nitrogens with two attached hydrogens (primary N) is 1. The molecule has 0 aliphatic carbocycles. The number of hydrogen-bond donors (Lipinski definition) is 3. The Morgan fingerprint density at radius 2 is 1.95 bits per heavy atom. The van der Waals surface area contributed by atoms with Crippen LogP contribution >= 0.6 is 0 Å². The highest BCUT2D eigenvalue weighted by molar-refractivity contribution is 6.04. The molecule has 1 amide bonds. The number of carbonyl (C=O) groups excluding carboxylic acids is 1. The molecule has 1 heterocycles. The van der Waals surface area contributed by atoms with E-state index in [0.717, 1.165) is 12.2 Å². The van der Waals surface area contributed by atoms with Gasteiger partial charge in [0.05, 0.1) is 0 Å². The molecule has 2 rings (SSSR count). The van der Waals surface area contributed by atoms with Crippen LogP contribution in [-0.2, 0) is 0 Å². The van der Waals surface area contributed by atoms with Crippen molar-refractivity contribution in [1.82, 2.24) is 4.98 Å². The lowest BCUT2D eigenvalue weighted by molar-refractivity contribution is 0.102. The SMILES string of the molecule is CCNc1ccc(C(=O)Nc2ccnc(N)c2)cc1. The van der Waals surface area contributed by atoms with Crippen LogP contribution in [-0.4, -0.2) is 17.4 Å². The first kappa shape index (κ1) is 12.9. The summed E-state index contributed by atoms with van der Waals surface area (Å²) < 4.78 is 0. The highest BCUT2D eigenvalue weighted by Gasteiger charge is 2.06. The molecule has 4 N–H and O–H groups in total. The number of nitrogens with zero attached hydrogens (tertiary/aromatic N) is 1. The summed E-state index contributed by atoms with van der Waals surface area (Å²) in [5.74, 6) is 0.203. The zero-order valence-corrected chi connectivity index (χ0v) is 10.7. The molecule has 0 fully saturated rings. The fourth-order valence-corrected chi connectivity index (χ4v) is 1.67. The Morgan fingerprint density at radius 1 is 1.21 bits per heavy atom. The van der Waals surface area contributed by atoms with E-state index in [2.05, 4.69) is 15.6 Å². The largest absolute Gasteiger partial charge is 0.385 e. The van der Waals surface area contributed by atoms with Gasteiger partial charge in [-0.05, 0) is 37.3 Å². The van der Waals surface area contributed by atoms with Crippen molar-refractivity contribution < 1.29 is 4.79 Å². The van der Waals surface area contributed by atoms with Crippen LogP contribution in [0.15, 0.2) is 42.6 Å². The van der Waals surface area contributed by atoms with Crippen LogP contribution in [0.1, 0.15) is 17.3 Å². The third-order valence-electron chi connectivity index (χ3n) is 2.57. The van der Waals surface area contributed by atoms with E-state index in [1.807, 2.05) is 19.1 Å². The van der Waals surface area contributed by atoms with Crippen molar-refractivity contribution in [2.75, 3.05) is 22.9 Å². The average Bonchev–Trinajstić information content (AvgIpc) is 2.40. The average molecular weight is 256 g/mol. The number of benzene rings is 1. The quantitative estimate of drug-likeness (QED) is 0.784. The molecule has 0 aliphatic heterocycles. The first-order valence-corrected chi connectivity index (χ1v) is 6.06. The van der Waals surface area contributed by atoms with Gasteiger partial charge in [0, 0.05) is 35.7 Å². The van der Waals surface area contributed by atoms with E-state index in [4.69, 9.17) is 5.73 Å². The lowest BCUT2D eigenvalue weighted by Gasteiger charge is -2.07. The summed E-state index contributed by atoms with van der Waals surface area (Å²) in [5, 5.41) is 5.95. The van der Waals surface area contributed by atoms with Crippen LogP contribution in [0, 0.1) is 0 Å². The van der Waals surface area contributed by atoms with Crippen molar-refractivity contribution in [1.29, 1.82) is 0 Å². The molecule has 1 aromatic heterocycles. The first-order chi connectivity index (χ1) is 9.19. The van der Waals surface area contributed by atoms with Crippen LogP contribution in [0.2, 0.25) is 0 Å². The van der Waals surface area contributed by atoms with Gasteiger partial charge in [-0.3, -0.25) is 4.79 Å². The predicted molar refractivity (Wildman–Crippen MR) is 77.2 cm³/mol. The van der Waals surface area contributed by atoms with E-state index in [-0.39, 0.29) is 5.91 Å². The molecule has 0 bridgehead atoms. The van der Waals surface area contributed by atoms with Crippen molar-refractivity contribution in [2.45, 2.75) is 6.92 Å². The lowest BCUT2D eigenvalue weighted by Crippen LogP contribution is -2.12. The minimum Gasteiger partial charge on any atom is -0.385 e. The van der Waals surface area contributed by atoms with Crippen molar-refractivity contribution in [3.8, 4) is 0 Å². The second-order valence-corrected chi connectivity index (χ2v) is 4.03. The Hall–Kier alpha value is -2.56. The number of hydrogen-bond acceptors (Lipinski definition) is 4. The monoisotopic (exact) mass is 256 g/mol. The molecule has 19 heavy (non-hydrogen) atoms. The number of amides is 1. The van der Waals surface area contributed by atoms with Crippen LogP contribution in [0.3, 0.4) is 0 Å². The first-order valence-electron chi connectivity index (χ1n) is 6.06. The molecule has 0 unspecified atom stereocenters. The summed E-state index contributed by atoms with van der Waals surface area (Å²) >= 11 is 0. The maximum atomic E-state index is 12.0. The molecule has 0 aliphatic rings. The molecule has 0 atom stereocenters. The molecule has 0 spiro atoms. The van der Waals surface area contributed by atoms with Gasteiger partial charge >= 0.3 is 0 Å². The van der Waals surface area contributed by atoms with Crippen LogP contribution in [0.5, 0.6) is 0 Å². The fourth-order valence-electron chi connectivity index (χ4n) is 1.67. The van der Waals surface area contributed by atoms with Crippen LogP contribution in [0.25, 0.3) is 0 Å². The van der Waals surface area contributed by atoms with Crippen LogP contribution < -0.4 is 16.4 Å². The number of carbonyl (C=O) groups is 1. The molecule has 5 nitrogen and oxygen atoms in total. The third-order valence-corrected chi connectivity index (χ3v) is 2.57. The third kappa shape index (κ3) is 3.45. The maximum absolute atomic E-state index is 12.0. The minimum absolute atomic E-state index is 0.173. The highest BCUT2D eigenvalue weighted by atomic mass is 16.1. The molecule has 98 valence electrons. The molecular weight excluding hydrogens is 240 g/mol. The van der Waals surface area contributed by atoms with Gasteiger partial charge in [0.25, 0.3) is 5.91 Å². The number of rotatable bonds is 4. The number of pyridine rings is 1. The molecule has 5 heteroatoms. The van der Waals surface area contributed by atoms with Gasteiger partial charge < -0.3 is 16.4 Å². The Bertz CT molecular complexity index is 566. The standard InChI is InChI=1S/C14H16N4O/c1-2-16-11-5-3-10(4-6-11)14(19)18-12-7-8-17-13(15)9-12/h3-9,16H,2H2,1H3,(H3,15,17,18,19). The molecule has 0 saturated heterocycles. The number of nitrogens with one attached hydrogen (secondary N) is 2. The smallest absolute Gasteiger partial charge is 0.255 e. The van der Waals surface area contributed by atoms with Crippen molar-refractivity contribution in [3.63, 3.8) is 0 Å². The second-order valence-electron chi connectivity index (χ2n) is 4.03. The summed E-state index contributed by atoms with van der Waals surface area (Å²) in [4.78, 5) is 15.9. The second kappa shape index (κ2) is 5.86. The van der Waals surface area contributed by atoms with Gasteiger partial charge in [-0.1, -0.05) is 0 Å². The Morgan fingerprint density at radius 3 is 2.58 bits per heavy atom. The number of anilines is 3. The fraction of sp³-hybridized carbons (Fsp3) is 0.143. The molecule has 0 radical (unpaired) electrons. The highest BCUT2D eigenvalue weighted by Crippen LogP contribution is 2.13. The van der Waals surface area contributed by atoms with Crippen molar-refractivity contribution in [2.24, 2.45) is 0 Å². The van der Waals surface area contributed by atoms with E-state index in [9.17, 15) is 4.79 Å². The van der Waals surface area contributed by atoms with Gasteiger partial charge in [0.2, 0.25) is 0 Å².